The molecule has 1 aliphatic rings. The summed E-state index contributed by atoms with van der Waals surface area (Å²) >= 11 is 12.3. The number of ether oxygens (including phenoxy) is 2. The number of nitrogens with one attached hydrogen (secondary N) is 3. The number of sulfonamides is 1. The first-order chi connectivity index (χ1) is 23.4. The Morgan fingerprint density at radius 1 is 1.08 bits per heavy atom. The fourth-order valence-corrected chi connectivity index (χ4v) is 5.99. The standard InChI is InChI=1S/C15H13Cl2N3O2.C14H16N6O6S/c1-2-7-22-13-9-12(10(16)8-11(13)17)20-15(21)19-6-4-3-5-14(19)18-20;1-3-26-14-18-11(15-2)16-12(19-14)17-13(23)20-27(24,25)9-7-5-4-6-8(9)10(21)22/h1,8-9H,3-7H2;4-7H,3H2,1-2H3,(H,21,22)(H3,15,16,17,18,19,20,23). The van der Waals surface area contributed by atoms with E-state index in [9.17, 15) is 22.8 Å². The molecule has 4 N–H and O–H groups in total. The molecule has 0 saturated heterocycles. The molecule has 0 unspecified atom stereocenters. The van der Waals surface area contributed by atoms with E-state index in [-0.39, 0.29) is 36.8 Å². The molecule has 0 radical (unpaired) electrons. The van der Waals surface area contributed by atoms with Crippen molar-refractivity contribution in [1.82, 2.24) is 34.0 Å². The van der Waals surface area contributed by atoms with Crippen LogP contribution in [0.2, 0.25) is 10.0 Å². The predicted octanol–water partition coefficient (Wildman–Crippen LogP) is 3.21. The van der Waals surface area contributed by atoms with Crippen molar-refractivity contribution >= 4 is 57.1 Å². The van der Waals surface area contributed by atoms with Crippen LogP contribution in [0.5, 0.6) is 11.8 Å². The molecule has 2 amide bonds. The van der Waals surface area contributed by atoms with Crippen LogP contribution >= 0.6 is 23.2 Å². The molecular weight excluding hydrogens is 705 g/mol. The smallest absolute Gasteiger partial charge is 0.350 e. The molecule has 49 heavy (non-hydrogen) atoms. The maximum atomic E-state index is 12.5. The second-order valence-corrected chi connectivity index (χ2v) is 12.2. The number of fused-ring (bicyclic) bond motifs is 1. The average molecular weight is 735 g/mol. The number of amides is 2. The van der Waals surface area contributed by atoms with Crippen LogP contribution < -0.4 is 30.5 Å². The van der Waals surface area contributed by atoms with Crippen LogP contribution in [0.15, 0.2) is 46.1 Å². The summed E-state index contributed by atoms with van der Waals surface area (Å²) in [6.07, 6.45) is 7.97. The van der Waals surface area contributed by atoms with Crippen molar-refractivity contribution in [3.63, 3.8) is 0 Å². The van der Waals surface area contributed by atoms with Crippen LogP contribution in [-0.2, 0) is 23.0 Å². The minimum absolute atomic E-state index is 0.0776. The number of terminal acetylenes is 1. The van der Waals surface area contributed by atoms with Crippen LogP contribution in [0, 0.1) is 12.3 Å². The van der Waals surface area contributed by atoms with Crippen LogP contribution in [0.3, 0.4) is 0 Å². The van der Waals surface area contributed by atoms with Crippen molar-refractivity contribution in [1.29, 1.82) is 0 Å². The highest BCUT2D eigenvalue weighted by Crippen LogP contribution is 2.32. The van der Waals surface area contributed by atoms with E-state index < -0.39 is 32.5 Å². The van der Waals surface area contributed by atoms with Gasteiger partial charge in [0.05, 0.1) is 27.9 Å². The van der Waals surface area contributed by atoms with Gasteiger partial charge in [-0.15, -0.1) is 11.5 Å². The van der Waals surface area contributed by atoms with Gasteiger partial charge in [0.15, 0.2) is 0 Å². The fourth-order valence-electron chi connectivity index (χ4n) is 4.37. The number of carbonyl (C=O) groups excluding carboxylic acids is 1. The molecule has 1 aliphatic heterocycles. The van der Waals surface area contributed by atoms with Crippen molar-refractivity contribution < 1.29 is 32.6 Å². The SMILES string of the molecule is C#CCOc1cc(-n2nc3n(c2=O)CCCC3)c(Cl)cc1Cl.CCOc1nc(NC)nc(NC(=O)NS(=O)(=O)c2ccccc2C(=O)O)n1. The molecule has 0 spiro atoms. The van der Waals surface area contributed by atoms with Crippen LogP contribution in [0.25, 0.3) is 5.69 Å². The number of urea groups is 1. The van der Waals surface area contributed by atoms with E-state index in [1.54, 1.807) is 22.3 Å². The van der Waals surface area contributed by atoms with Gasteiger partial charge < -0.3 is 19.9 Å². The Hall–Kier alpha value is -5.38. The number of carboxylic acid groups (broad SMARTS) is 1. The number of aryl methyl sites for hydroxylation is 1. The number of benzene rings is 2. The number of halogens is 2. The number of aromatic nitrogens is 6. The lowest BCUT2D eigenvalue weighted by molar-refractivity contribution is 0.0692. The third-order valence-corrected chi connectivity index (χ3v) is 8.47. The summed E-state index contributed by atoms with van der Waals surface area (Å²) in [7, 11) is -2.92. The summed E-state index contributed by atoms with van der Waals surface area (Å²) in [6.45, 7) is 2.73. The first kappa shape index (κ1) is 36.5. The molecule has 0 aliphatic carbocycles. The summed E-state index contributed by atoms with van der Waals surface area (Å²) < 4.78 is 39.8. The van der Waals surface area contributed by atoms with E-state index >= 15 is 0 Å². The van der Waals surface area contributed by atoms with Gasteiger partial charge in [-0.3, -0.25) is 9.88 Å². The summed E-state index contributed by atoms with van der Waals surface area (Å²) in [5.74, 6) is 1.88. The van der Waals surface area contributed by atoms with E-state index in [2.05, 4.69) is 36.6 Å². The Balaban J connectivity index is 0.000000225. The maximum absolute atomic E-state index is 12.5. The van der Waals surface area contributed by atoms with Gasteiger partial charge in [0.2, 0.25) is 11.9 Å². The maximum Gasteiger partial charge on any atom is 0.350 e. The van der Waals surface area contributed by atoms with Gasteiger partial charge in [0, 0.05) is 26.1 Å². The molecular formula is C29H29Cl2N9O8S. The predicted molar refractivity (Wildman–Crippen MR) is 178 cm³/mol. The van der Waals surface area contributed by atoms with Crippen molar-refractivity contribution in [2.45, 2.75) is 37.6 Å². The Morgan fingerprint density at radius 3 is 2.49 bits per heavy atom. The molecule has 5 rings (SSSR count). The largest absolute Gasteiger partial charge is 0.479 e. The van der Waals surface area contributed by atoms with Gasteiger partial charge in [-0.1, -0.05) is 41.3 Å². The zero-order valence-electron chi connectivity index (χ0n) is 25.9. The minimum atomic E-state index is -4.45. The number of anilines is 2. The minimum Gasteiger partial charge on any atom is -0.479 e. The van der Waals surface area contributed by atoms with Crippen molar-refractivity contribution in [3.05, 3.63) is 68.3 Å². The van der Waals surface area contributed by atoms with E-state index in [4.69, 9.17) is 44.2 Å². The molecule has 0 fully saturated rings. The highest BCUT2D eigenvalue weighted by Gasteiger charge is 2.25. The monoisotopic (exact) mass is 733 g/mol. The average Bonchev–Trinajstić information content (AvgIpc) is 3.40. The summed E-state index contributed by atoms with van der Waals surface area (Å²) in [4.78, 5) is 46.7. The van der Waals surface area contributed by atoms with Crippen molar-refractivity contribution in [3.8, 4) is 29.8 Å². The van der Waals surface area contributed by atoms with Gasteiger partial charge in [-0.25, -0.2) is 27.5 Å². The number of nitrogens with zero attached hydrogens (tertiary/aromatic N) is 6. The quantitative estimate of drug-likeness (QED) is 0.172. The van der Waals surface area contributed by atoms with Crippen molar-refractivity contribution in [2.75, 3.05) is 30.9 Å². The second-order valence-electron chi connectivity index (χ2n) is 9.76. The molecule has 3 heterocycles. The lowest BCUT2D eigenvalue weighted by Gasteiger charge is -2.10. The molecule has 20 heteroatoms. The number of carboxylic acids is 1. The van der Waals surface area contributed by atoms with Crippen LogP contribution in [0.1, 0.15) is 35.9 Å². The molecule has 0 saturated carbocycles. The number of carbonyl (C=O) groups is 2. The number of hydrogen-bond acceptors (Lipinski definition) is 12. The molecule has 2 aromatic heterocycles. The third kappa shape index (κ3) is 8.95. The molecule has 258 valence electrons. The zero-order chi connectivity index (χ0) is 35.7. The number of rotatable bonds is 10. The zero-order valence-corrected chi connectivity index (χ0v) is 28.3. The van der Waals surface area contributed by atoms with Gasteiger partial charge in [-0.05, 0) is 38.0 Å². The first-order valence-electron chi connectivity index (χ1n) is 14.4. The fraction of sp³-hybridized carbons (Fsp3) is 0.276. The van der Waals surface area contributed by atoms with Gasteiger partial charge in [0.1, 0.15) is 23.1 Å². The third-order valence-electron chi connectivity index (χ3n) is 6.48. The molecule has 4 aromatic rings. The van der Waals surface area contributed by atoms with E-state index in [1.165, 1.54) is 29.9 Å². The highest BCUT2D eigenvalue weighted by molar-refractivity contribution is 7.90. The van der Waals surface area contributed by atoms with Crippen LogP contribution in [-0.4, -0.2) is 75.1 Å². The van der Waals surface area contributed by atoms with Gasteiger partial charge in [0.25, 0.3) is 10.0 Å². The normalized spacial score (nSPS) is 12.0. The summed E-state index contributed by atoms with van der Waals surface area (Å²) in [6, 6.07) is 6.71. The van der Waals surface area contributed by atoms with Crippen LogP contribution in [0.4, 0.5) is 16.7 Å². The van der Waals surface area contributed by atoms with Crippen molar-refractivity contribution in [2.24, 2.45) is 0 Å². The lowest BCUT2D eigenvalue weighted by Crippen LogP contribution is -2.35. The number of hydrogen-bond donors (Lipinski definition) is 4. The summed E-state index contributed by atoms with van der Waals surface area (Å²) in [5, 5.41) is 18.9. The van der Waals surface area contributed by atoms with Gasteiger partial charge >= 0.3 is 23.7 Å². The molecule has 0 bridgehead atoms. The highest BCUT2D eigenvalue weighted by atomic mass is 35.5. The summed E-state index contributed by atoms with van der Waals surface area (Å²) in [5.41, 5.74) is -0.249. The van der Waals surface area contributed by atoms with E-state index in [1.807, 2.05) is 0 Å². The molecule has 0 atom stereocenters. The van der Waals surface area contributed by atoms with E-state index in [0.717, 1.165) is 37.2 Å². The Morgan fingerprint density at radius 2 is 1.82 bits per heavy atom. The second kappa shape index (κ2) is 16.1. The van der Waals surface area contributed by atoms with E-state index in [0.29, 0.717) is 28.0 Å². The topological polar surface area (TPSA) is 222 Å². The Labute approximate surface area is 289 Å². The first-order valence-corrected chi connectivity index (χ1v) is 16.6. The molecule has 17 nitrogen and oxygen atoms in total. The number of aromatic carboxylic acids is 1. The Kier molecular flexibility index (Phi) is 12.0. The van der Waals surface area contributed by atoms with Gasteiger partial charge in [-0.2, -0.15) is 19.6 Å². The molecule has 2 aromatic carbocycles. The lowest BCUT2D eigenvalue weighted by atomic mass is 10.2. The Bertz CT molecular complexity index is 2080.